The third kappa shape index (κ3) is 2.83. The number of nitrogens with one attached hydrogen (secondary N) is 1. The van der Waals surface area contributed by atoms with Crippen molar-refractivity contribution >= 4 is 21.8 Å². The number of halogens is 1. The Morgan fingerprint density at radius 1 is 1.52 bits per heavy atom. The molecule has 0 aliphatic carbocycles. The Morgan fingerprint density at radius 2 is 2.19 bits per heavy atom. The van der Waals surface area contributed by atoms with Crippen LogP contribution in [0, 0.1) is 17.7 Å². The fourth-order valence-electron chi connectivity index (χ4n) is 1.71. The minimum Gasteiger partial charge on any atom is -0.506 e. The summed E-state index contributed by atoms with van der Waals surface area (Å²) in [6.07, 6.45) is 0. The zero-order valence-electron chi connectivity index (χ0n) is 11.0. The molecule has 0 spiro atoms. The van der Waals surface area contributed by atoms with E-state index in [1.807, 2.05) is 0 Å². The minimum atomic E-state index is -4.21. The number of nitrogens with zero attached hydrogens (tertiary/aromatic N) is 1. The third-order valence-electron chi connectivity index (χ3n) is 2.57. The van der Waals surface area contributed by atoms with Crippen LogP contribution in [-0.2, 0) is 15.0 Å². The highest BCUT2D eigenvalue weighted by atomic mass is 32.2. The highest BCUT2D eigenvalue weighted by molar-refractivity contribution is 7.92. The average molecular weight is 310 g/mol. The first-order valence-corrected chi connectivity index (χ1v) is 7.18. The zero-order chi connectivity index (χ0) is 15.8. The maximum atomic E-state index is 14.4. The van der Waals surface area contributed by atoms with Crippen molar-refractivity contribution in [2.75, 3.05) is 10.8 Å². The van der Waals surface area contributed by atoms with E-state index in [-0.39, 0.29) is 5.56 Å². The van der Waals surface area contributed by atoms with Crippen molar-refractivity contribution in [1.82, 2.24) is 4.72 Å². The number of carbonyl (C=O) groups excluding carboxylic acids is 1. The summed E-state index contributed by atoms with van der Waals surface area (Å²) in [5, 5.41) is 9.72. The Hall–Kier alpha value is -2.53. The van der Waals surface area contributed by atoms with E-state index in [9.17, 15) is 22.7 Å². The molecule has 0 radical (unpaired) electrons. The van der Waals surface area contributed by atoms with Gasteiger partial charge in [-0.05, 0) is 24.6 Å². The number of allylic oxidation sites excluding steroid dienone is 1. The number of hydrogen-bond donors (Lipinski definition) is 2. The molecule has 0 unspecified atom stereocenters. The number of benzene rings is 1. The van der Waals surface area contributed by atoms with Gasteiger partial charge < -0.3 is 5.11 Å². The molecule has 1 aromatic rings. The van der Waals surface area contributed by atoms with Crippen molar-refractivity contribution in [2.45, 2.75) is 6.92 Å². The van der Waals surface area contributed by atoms with E-state index in [1.54, 1.807) is 11.6 Å². The van der Waals surface area contributed by atoms with E-state index >= 15 is 0 Å². The summed E-state index contributed by atoms with van der Waals surface area (Å²) < 4.78 is 40.0. The largest absolute Gasteiger partial charge is 0.506 e. The fraction of sp³-hybridized carbons (Fsp3) is 0.154. The van der Waals surface area contributed by atoms with Crippen molar-refractivity contribution in [2.24, 2.45) is 0 Å². The molecule has 1 aliphatic heterocycles. The van der Waals surface area contributed by atoms with E-state index < -0.39 is 39.9 Å². The number of carbonyl (C=O) groups is 1. The van der Waals surface area contributed by atoms with Crippen LogP contribution in [0.5, 0.6) is 5.75 Å². The first-order chi connectivity index (χ1) is 9.72. The number of amides is 1. The van der Waals surface area contributed by atoms with Gasteiger partial charge in [-0.15, -0.1) is 0 Å². The second-order valence-electron chi connectivity index (χ2n) is 4.36. The van der Waals surface area contributed by atoms with Crippen LogP contribution in [0.2, 0.25) is 0 Å². The predicted octanol–water partition coefficient (Wildman–Crippen LogP) is 0.640. The second kappa shape index (κ2) is 5.10. The highest BCUT2D eigenvalue weighted by Gasteiger charge is 2.37. The normalized spacial score (nSPS) is 16.1. The van der Waals surface area contributed by atoms with Gasteiger partial charge in [0.1, 0.15) is 18.0 Å². The number of hydrogen-bond acceptors (Lipinski definition) is 4. The molecule has 110 valence electrons. The standard InChI is InChI=1S/C13H11FN2O4S/c1-8(2)3-4-9-5-6-10(17)13(12(9)14)16-7-11(18)15-21(16,19)20/h5-6,17H,1,7H2,2H3,(H,15,18). The maximum absolute atomic E-state index is 14.4. The van der Waals surface area contributed by atoms with Gasteiger partial charge in [0.15, 0.2) is 5.82 Å². The first-order valence-electron chi connectivity index (χ1n) is 5.74. The lowest BCUT2D eigenvalue weighted by molar-refractivity contribution is -0.117. The molecule has 1 amide bonds. The predicted molar refractivity (Wildman–Crippen MR) is 74.2 cm³/mol. The Labute approximate surface area is 121 Å². The van der Waals surface area contributed by atoms with Crippen molar-refractivity contribution < 1.29 is 22.7 Å². The average Bonchev–Trinajstić information content (AvgIpc) is 2.61. The summed E-state index contributed by atoms with van der Waals surface area (Å²) in [5.74, 6) is 2.59. The molecule has 1 aromatic carbocycles. The van der Waals surface area contributed by atoms with Crippen LogP contribution < -0.4 is 9.03 Å². The van der Waals surface area contributed by atoms with Crippen molar-refractivity contribution in [1.29, 1.82) is 0 Å². The van der Waals surface area contributed by atoms with E-state index in [1.165, 1.54) is 6.07 Å². The van der Waals surface area contributed by atoms with Crippen LogP contribution in [0.25, 0.3) is 0 Å². The Bertz CT molecular complexity index is 805. The molecule has 0 aromatic heterocycles. The summed E-state index contributed by atoms with van der Waals surface area (Å²) in [6.45, 7) is 4.56. The van der Waals surface area contributed by atoms with Gasteiger partial charge in [0, 0.05) is 0 Å². The fourth-order valence-corrected chi connectivity index (χ4v) is 2.87. The van der Waals surface area contributed by atoms with Gasteiger partial charge in [0.05, 0.1) is 5.56 Å². The SMILES string of the molecule is C=C(C)C#Cc1ccc(O)c(N2CC(=O)NS2(=O)=O)c1F. The molecule has 2 rings (SSSR count). The summed E-state index contributed by atoms with van der Waals surface area (Å²) >= 11 is 0. The summed E-state index contributed by atoms with van der Waals surface area (Å²) in [4.78, 5) is 11.2. The lowest BCUT2D eigenvalue weighted by Gasteiger charge is -2.17. The zero-order valence-corrected chi connectivity index (χ0v) is 11.8. The van der Waals surface area contributed by atoms with Crippen LogP contribution in [0.3, 0.4) is 0 Å². The lowest BCUT2D eigenvalue weighted by Crippen LogP contribution is -2.30. The van der Waals surface area contributed by atoms with E-state index in [0.717, 1.165) is 6.07 Å². The molecule has 21 heavy (non-hydrogen) atoms. The molecule has 1 heterocycles. The van der Waals surface area contributed by atoms with E-state index in [4.69, 9.17) is 0 Å². The van der Waals surface area contributed by atoms with Crippen LogP contribution >= 0.6 is 0 Å². The Morgan fingerprint density at radius 3 is 2.71 bits per heavy atom. The van der Waals surface area contributed by atoms with Gasteiger partial charge >= 0.3 is 10.2 Å². The van der Waals surface area contributed by atoms with Crippen LogP contribution in [0.1, 0.15) is 12.5 Å². The molecule has 1 fully saturated rings. The van der Waals surface area contributed by atoms with E-state index in [2.05, 4.69) is 18.4 Å². The Kier molecular flexibility index (Phi) is 3.61. The topological polar surface area (TPSA) is 86.7 Å². The molecular weight excluding hydrogens is 299 g/mol. The maximum Gasteiger partial charge on any atom is 0.326 e. The number of aromatic hydroxyl groups is 1. The van der Waals surface area contributed by atoms with Crippen molar-refractivity contribution in [3.05, 3.63) is 35.7 Å². The summed E-state index contributed by atoms with van der Waals surface area (Å²) in [6, 6.07) is 2.32. The summed E-state index contributed by atoms with van der Waals surface area (Å²) in [5.41, 5.74) is -0.225. The quantitative estimate of drug-likeness (QED) is 0.745. The highest BCUT2D eigenvalue weighted by Crippen LogP contribution is 2.34. The van der Waals surface area contributed by atoms with Crippen molar-refractivity contribution in [3.63, 3.8) is 0 Å². The molecule has 0 bridgehead atoms. The van der Waals surface area contributed by atoms with Gasteiger partial charge in [0.2, 0.25) is 0 Å². The van der Waals surface area contributed by atoms with Crippen molar-refractivity contribution in [3.8, 4) is 17.6 Å². The molecule has 1 saturated heterocycles. The molecule has 0 saturated carbocycles. The number of rotatable bonds is 1. The third-order valence-corrected chi connectivity index (χ3v) is 3.95. The van der Waals surface area contributed by atoms with Gasteiger partial charge in [0.25, 0.3) is 5.91 Å². The molecular formula is C13H11FN2O4S. The monoisotopic (exact) mass is 310 g/mol. The van der Waals surface area contributed by atoms with Crippen LogP contribution in [0.4, 0.5) is 10.1 Å². The second-order valence-corrected chi connectivity index (χ2v) is 5.96. The number of phenolic OH excluding ortho intramolecular Hbond substituents is 1. The summed E-state index contributed by atoms with van der Waals surface area (Å²) in [7, 11) is -4.21. The van der Waals surface area contributed by atoms with Crippen LogP contribution in [-0.4, -0.2) is 26.0 Å². The molecule has 0 atom stereocenters. The molecule has 6 nitrogen and oxygen atoms in total. The molecule has 2 N–H and O–H groups in total. The lowest BCUT2D eigenvalue weighted by atomic mass is 10.1. The smallest absolute Gasteiger partial charge is 0.326 e. The minimum absolute atomic E-state index is 0.111. The van der Waals surface area contributed by atoms with E-state index in [0.29, 0.717) is 9.88 Å². The number of phenols is 1. The molecule has 1 aliphatic rings. The van der Waals surface area contributed by atoms with Crippen LogP contribution in [0.15, 0.2) is 24.3 Å². The Balaban J connectivity index is 2.60. The van der Waals surface area contributed by atoms with Gasteiger partial charge in [-0.25, -0.2) is 13.4 Å². The molecule has 8 heteroatoms. The first kappa shape index (κ1) is 14.9. The van der Waals surface area contributed by atoms with Gasteiger partial charge in [-0.2, -0.15) is 8.42 Å². The number of anilines is 1. The van der Waals surface area contributed by atoms with Gasteiger partial charge in [-0.3, -0.25) is 4.79 Å². The van der Waals surface area contributed by atoms with Gasteiger partial charge in [-0.1, -0.05) is 18.4 Å².